The van der Waals surface area contributed by atoms with E-state index in [1.807, 2.05) is 30.3 Å². The van der Waals surface area contributed by atoms with Crippen LogP contribution in [0.25, 0.3) is 0 Å². The standard InChI is InChI=1S/C24H28F3N3O4/c25-24(26,27)34-21-8-6-20(7-9-21)28-16-19(18-4-2-1-3-5-18)17-29-22(31)10-11-23(32)30-12-14-33-15-13-30/h1-9,19,28H,10-17H2,(H,29,31). The highest BCUT2D eigenvalue weighted by Crippen LogP contribution is 2.24. The van der Waals surface area contributed by atoms with Gasteiger partial charge in [-0.15, -0.1) is 13.2 Å². The Morgan fingerprint density at radius 3 is 2.29 bits per heavy atom. The molecule has 2 amide bonds. The van der Waals surface area contributed by atoms with Crippen LogP contribution in [0.15, 0.2) is 54.6 Å². The van der Waals surface area contributed by atoms with E-state index in [1.54, 1.807) is 4.90 Å². The number of anilines is 1. The molecule has 1 aliphatic rings. The number of nitrogens with one attached hydrogen (secondary N) is 2. The average molecular weight is 479 g/mol. The molecule has 0 spiro atoms. The van der Waals surface area contributed by atoms with Gasteiger partial charge in [0.1, 0.15) is 5.75 Å². The molecule has 2 N–H and O–H groups in total. The van der Waals surface area contributed by atoms with Crippen molar-refractivity contribution in [3.8, 4) is 5.75 Å². The molecule has 34 heavy (non-hydrogen) atoms. The molecule has 1 fully saturated rings. The molecule has 7 nitrogen and oxygen atoms in total. The van der Waals surface area contributed by atoms with Gasteiger partial charge in [0.25, 0.3) is 0 Å². The number of benzene rings is 2. The first-order valence-corrected chi connectivity index (χ1v) is 11.1. The molecule has 3 rings (SSSR count). The number of nitrogens with zero attached hydrogens (tertiary/aromatic N) is 1. The minimum Gasteiger partial charge on any atom is -0.406 e. The van der Waals surface area contributed by atoms with Crippen LogP contribution in [-0.4, -0.2) is 62.5 Å². The Kier molecular flexibility index (Phi) is 9.15. The third-order valence-corrected chi connectivity index (χ3v) is 5.39. The number of rotatable bonds is 10. The minimum absolute atomic E-state index is 0.0577. The Morgan fingerprint density at radius 2 is 1.65 bits per heavy atom. The van der Waals surface area contributed by atoms with E-state index < -0.39 is 6.36 Å². The number of hydrogen-bond donors (Lipinski definition) is 2. The van der Waals surface area contributed by atoms with Crippen LogP contribution in [-0.2, 0) is 14.3 Å². The smallest absolute Gasteiger partial charge is 0.406 e. The minimum atomic E-state index is -4.74. The van der Waals surface area contributed by atoms with E-state index in [0.29, 0.717) is 45.1 Å². The van der Waals surface area contributed by atoms with Crippen molar-refractivity contribution in [1.82, 2.24) is 10.2 Å². The first kappa shape index (κ1) is 25.4. The highest BCUT2D eigenvalue weighted by Gasteiger charge is 2.31. The van der Waals surface area contributed by atoms with Gasteiger partial charge >= 0.3 is 6.36 Å². The van der Waals surface area contributed by atoms with Gasteiger partial charge in [-0.25, -0.2) is 0 Å². The Bertz CT molecular complexity index is 917. The van der Waals surface area contributed by atoms with Crippen LogP contribution >= 0.6 is 0 Å². The summed E-state index contributed by atoms with van der Waals surface area (Å²) in [5.41, 5.74) is 1.62. The number of ether oxygens (including phenoxy) is 2. The van der Waals surface area contributed by atoms with Crippen LogP contribution in [0.5, 0.6) is 5.75 Å². The molecule has 1 atom stereocenters. The summed E-state index contributed by atoms with van der Waals surface area (Å²) in [5.74, 6) is -0.656. The van der Waals surface area contributed by atoms with E-state index in [-0.39, 0.29) is 36.3 Å². The van der Waals surface area contributed by atoms with Gasteiger partial charge < -0.3 is 25.0 Å². The summed E-state index contributed by atoms with van der Waals surface area (Å²) in [6.07, 6.45) is -4.49. The lowest BCUT2D eigenvalue weighted by molar-refractivity contribution is -0.274. The van der Waals surface area contributed by atoms with E-state index in [1.165, 1.54) is 24.3 Å². The van der Waals surface area contributed by atoms with Gasteiger partial charge in [0.2, 0.25) is 11.8 Å². The highest BCUT2D eigenvalue weighted by atomic mass is 19.4. The van der Waals surface area contributed by atoms with Crippen molar-refractivity contribution in [2.75, 3.05) is 44.7 Å². The summed E-state index contributed by atoms with van der Waals surface area (Å²) in [6.45, 7) is 2.91. The molecular weight excluding hydrogens is 451 g/mol. The first-order valence-electron chi connectivity index (χ1n) is 11.1. The normalized spacial score (nSPS) is 14.9. The molecule has 0 bridgehead atoms. The Balaban J connectivity index is 1.50. The molecule has 2 aromatic carbocycles. The monoisotopic (exact) mass is 479 g/mol. The van der Waals surface area contributed by atoms with E-state index in [0.717, 1.165) is 5.56 Å². The number of halogens is 3. The highest BCUT2D eigenvalue weighted by molar-refractivity contribution is 5.83. The van der Waals surface area contributed by atoms with Crippen molar-refractivity contribution >= 4 is 17.5 Å². The fraction of sp³-hybridized carbons (Fsp3) is 0.417. The van der Waals surface area contributed by atoms with Crippen LogP contribution in [0, 0.1) is 0 Å². The molecule has 0 aromatic heterocycles. The Morgan fingerprint density at radius 1 is 0.971 bits per heavy atom. The maximum absolute atomic E-state index is 12.4. The molecule has 0 aliphatic carbocycles. The number of morpholine rings is 1. The predicted molar refractivity (Wildman–Crippen MR) is 120 cm³/mol. The lowest BCUT2D eigenvalue weighted by Gasteiger charge is -2.26. The lowest BCUT2D eigenvalue weighted by Crippen LogP contribution is -2.41. The van der Waals surface area contributed by atoms with Gasteiger partial charge in [0, 0.05) is 50.6 Å². The zero-order valence-electron chi connectivity index (χ0n) is 18.6. The molecule has 1 heterocycles. The fourth-order valence-electron chi connectivity index (χ4n) is 3.57. The number of amides is 2. The fourth-order valence-corrected chi connectivity index (χ4v) is 3.57. The van der Waals surface area contributed by atoms with Crippen molar-refractivity contribution in [3.63, 3.8) is 0 Å². The first-order chi connectivity index (χ1) is 16.3. The summed E-state index contributed by atoms with van der Waals surface area (Å²) in [5, 5.41) is 6.08. The molecule has 1 saturated heterocycles. The molecule has 0 saturated carbocycles. The van der Waals surface area contributed by atoms with Crippen molar-refractivity contribution in [2.24, 2.45) is 0 Å². The SMILES string of the molecule is O=C(CCC(=O)N1CCOCC1)NCC(CNc1ccc(OC(F)(F)F)cc1)c1ccccc1. The Labute approximate surface area is 196 Å². The van der Waals surface area contributed by atoms with E-state index in [2.05, 4.69) is 15.4 Å². The number of carbonyl (C=O) groups excluding carboxylic acids is 2. The van der Waals surface area contributed by atoms with Crippen LogP contribution in [0.4, 0.5) is 18.9 Å². The zero-order chi connectivity index (χ0) is 24.4. The summed E-state index contributed by atoms with van der Waals surface area (Å²) in [4.78, 5) is 26.3. The summed E-state index contributed by atoms with van der Waals surface area (Å²) in [7, 11) is 0. The van der Waals surface area contributed by atoms with Crippen LogP contribution in [0.1, 0.15) is 24.3 Å². The van der Waals surface area contributed by atoms with E-state index in [9.17, 15) is 22.8 Å². The molecular formula is C24H28F3N3O4. The number of alkyl halides is 3. The second-order valence-electron chi connectivity index (χ2n) is 7.86. The van der Waals surface area contributed by atoms with Crippen molar-refractivity contribution < 1.29 is 32.2 Å². The van der Waals surface area contributed by atoms with Gasteiger partial charge in [-0.3, -0.25) is 9.59 Å². The third kappa shape index (κ3) is 8.58. The molecule has 0 radical (unpaired) electrons. The molecule has 10 heteroatoms. The topological polar surface area (TPSA) is 79.9 Å². The molecule has 1 aliphatic heterocycles. The zero-order valence-corrected chi connectivity index (χ0v) is 18.6. The maximum Gasteiger partial charge on any atom is 0.573 e. The van der Waals surface area contributed by atoms with Crippen molar-refractivity contribution in [1.29, 1.82) is 0 Å². The second-order valence-corrected chi connectivity index (χ2v) is 7.86. The second kappa shape index (κ2) is 12.3. The van der Waals surface area contributed by atoms with Gasteiger partial charge in [0.05, 0.1) is 13.2 Å². The molecule has 2 aromatic rings. The predicted octanol–water partition coefficient (Wildman–Crippen LogP) is 3.54. The van der Waals surface area contributed by atoms with Gasteiger partial charge in [-0.05, 0) is 29.8 Å². The number of carbonyl (C=O) groups is 2. The number of hydrogen-bond acceptors (Lipinski definition) is 5. The van der Waals surface area contributed by atoms with Crippen LogP contribution in [0.2, 0.25) is 0 Å². The third-order valence-electron chi connectivity index (χ3n) is 5.39. The molecule has 184 valence electrons. The summed E-state index contributed by atoms with van der Waals surface area (Å²) >= 11 is 0. The van der Waals surface area contributed by atoms with Crippen LogP contribution < -0.4 is 15.4 Å². The van der Waals surface area contributed by atoms with Crippen LogP contribution in [0.3, 0.4) is 0 Å². The summed E-state index contributed by atoms with van der Waals surface area (Å²) in [6, 6.07) is 15.0. The summed E-state index contributed by atoms with van der Waals surface area (Å²) < 4.78 is 46.1. The average Bonchev–Trinajstić information content (AvgIpc) is 2.83. The van der Waals surface area contributed by atoms with Crippen molar-refractivity contribution in [2.45, 2.75) is 25.1 Å². The van der Waals surface area contributed by atoms with Gasteiger partial charge in [-0.2, -0.15) is 0 Å². The maximum atomic E-state index is 12.4. The van der Waals surface area contributed by atoms with E-state index in [4.69, 9.17) is 4.74 Å². The lowest BCUT2D eigenvalue weighted by atomic mass is 9.98. The Hall–Kier alpha value is -3.27. The van der Waals surface area contributed by atoms with Gasteiger partial charge in [-0.1, -0.05) is 30.3 Å². The quantitative estimate of drug-likeness (QED) is 0.545. The largest absolute Gasteiger partial charge is 0.573 e. The van der Waals surface area contributed by atoms with Crippen molar-refractivity contribution in [3.05, 3.63) is 60.2 Å². The van der Waals surface area contributed by atoms with Gasteiger partial charge in [0.15, 0.2) is 0 Å². The van der Waals surface area contributed by atoms with E-state index >= 15 is 0 Å². The molecule has 1 unspecified atom stereocenters.